The van der Waals surface area contributed by atoms with Gasteiger partial charge in [-0.05, 0) is 65.0 Å². The summed E-state index contributed by atoms with van der Waals surface area (Å²) >= 11 is 0. The van der Waals surface area contributed by atoms with Crippen LogP contribution < -0.4 is 0 Å². The minimum absolute atomic E-state index is 0.0997. The van der Waals surface area contributed by atoms with Crippen molar-refractivity contribution in [2.24, 2.45) is 17.0 Å². The fraction of sp³-hybridized carbons (Fsp3) is 0.786. The Morgan fingerprint density at radius 1 is 1.06 bits per heavy atom. The van der Waals surface area contributed by atoms with Gasteiger partial charge in [-0.1, -0.05) is 55.6 Å². The molecule has 0 bridgehead atoms. The van der Waals surface area contributed by atoms with E-state index in [0.29, 0.717) is 6.42 Å². The quantitative estimate of drug-likeness (QED) is 0.0630. The van der Waals surface area contributed by atoms with Crippen LogP contribution in [0.1, 0.15) is 64.7 Å². The molecule has 4 unspecified atom stereocenters. The number of hydrogen-bond acceptors (Lipinski definition) is 6. The highest BCUT2D eigenvalue weighted by Gasteiger charge is 2.42. The van der Waals surface area contributed by atoms with Gasteiger partial charge in [-0.3, -0.25) is 4.79 Å². The van der Waals surface area contributed by atoms with Gasteiger partial charge < -0.3 is 18.4 Å². The minimum atomic E-state index is -1.75. The lowest BCUT2D eigenvalue weighted by Gasteiger charge is -2.29. The number of nitrogens with zero attached hydrogens (tertiary/aromatic N) is 1. The van der Waals surface area contributed by atoms with Crippen LogP contribution in [-0.2, 0) is 23.2 Å². The smallest absolute Gasteiger partial charge is 0.305 e. The van der Waals surface area contributed by atoms with Gasteiger partial charge in [0.05, 0.1) is 25.0 Å². The standard InChI is InChI=1S/C28H53NO5Si2/c1-10-11-14-17-23(33-35(4,5)6)20-21-25-24(18-15-12-13-16-19-28(30)31-2)26(29-32-3)22-27(25)34-36(7,8)9/h12,15,20-21,23-25,27H,10-11,13-14,16-19,22H2,1-9H3/b15-12-,21-20+,29-26+. The van der Waals surface area contributed by atoms with Gasteiger partial charge in [0.1, 0.15) is 7.11 Å². The third-order valence-corrected chi connectivity index (χ3v) is 8.15. The zero-order valence-corrected chi connectivity index (χ0v) is 26.5. The van der Waals surface area contributed by atoms with Gasteiger partial charge in [0.15, 0.2) is 16.6 Å². The maximum Gasteiger partial charge on any atom is 0.305 e. The van der Waals surface area contributed by atoms with Crippen LogP contribution in [0.25, 0.3) is 0 Å². The third kappa shape index (κ3) is 13.9. The number of ether oxygens (including phenoxy) is 1. The normalized spacial score (nSPS) is 23.1. The first-order valence-electron chi connectivity index (χ1n) is 13.8. The molecule has 0 aromatic carbocycles. The number of allylic oxidation sites excluding steroid dienone is 2. The maximum atomic E-state index is 11.4. The molecule has 0 heterocycles. The largest absolute Gasteiger partial charge is 0.469 e. The van der Waals surface area contributed by atoms with Crippen LogP contribution in [0.5, 0.6) is 0 Å². The van der Waals surface area contributed by atoms with Crippen LogP contribution in [-0.4, -0.2) is 54.7 Å². The summed E-state index contributed by atoms with van der Waals surface area (Å²) in [6.45, 7) is 15.8. The Hall–Kier alpha value is -1.23. The van der Waals surface area contributed by atoms with Gasteiger partial charge >= 0.3 is 5.97 Å². The van der Waals surface area contributed by atoms with Crippen molar-refractivity contribution in [1.29, 1.82) is 0 Å². The van der Waals surface area contributed by atoms with E-state index in [0.717, 1.165) is 37.8 Å². The van der Waals surface area contributed by atoms with E-state index in [1.807, 2.05) is 0 Å². The maximum absolute atomic E-state index is 11.4. The second-order valence-corrected chi connectivity index (χ2v) is 20.7. The zero-order chi connectivity index (χ0) is 27.2. The molecule has 1 saturated carbocycles. The number of carbonyl (C=O) groups is 1. The fourth-order valence-electron chi connectivity index (χ4n) is 4.65. The lowest BCUT2D eigenvalue weighted by atomic mass is 9.89. The number of unbranched alkanes of at least 4 members (excludes halogenated alkanes) is 3. The summed E-state index contributed by atoms with van der Waals surface area (Å²) in [6.07, 6.45) is 17.8. The number of rotatable bonds is 17. The molecule has 0 aromatic rings. The average molecular weight is 540 g/mol. The predicted octanol–water partition coefficient (Wildman–Crippen LogP) is 7.49. The number of methoxy groups -OCH3 is 1. The van der Waals surface area contributed by atoms with E-state index in [1.165, 1.54) is 26.4 Å². The topological polar surface area (TPSA) is 66.4 Å². The molecule has 0 radical (unpaired) electrons. The van der Waals surface area contributed by atoms with Crippen LogP contribution in [0, 0.1) is 11.8 Å². The molecule has 0 aromatic heterocycles. The van der Waals surface area contributed by atoms with Crippen LogP contribution in [0.4, 0.5) is 0 Å². The molecule has 0 amide bonds. The molecule has 1 aliphatic carbocycles. The van der Waals surface area contributed by atoms with Crippen molar-refractivity contribution in [3.63, 3.8) is 0 Å². The lowest BCUT2D eigenvalue weighted by molar-refractivity contribution is -0.140. The van der Waals surface area contributed by atoms with Crippen molar-refractivity contribution < 1.29 is 23.2 Å². The Kier molecular flexibility index (Phi) is 15.1. The Labute approximate surface area is 223 Å². The molecule has 0 N–H and O–H groups in total. The molecule has 36 heavy (non-hydrogen) atoms. The van der Waals surface area contributed by atoms with Gasteiger partial charge in [-0.2, -0.15) is 0 Å². The molecule has 0 saturated heterocycles. The highest BCUT2D eigenvalue weighted by Crippen LogP contribution is 2.38. The van der Waals surface area contributed by atoms with Gasteiger partial charge in [-0.15, -0.1) is 0 Å². The summed E-state index contributed by atoms with van der Waals surface area (Å²) in [4.78, 5) is 16.6. The number of carbonyl (C=O) groups excluding carboxylic acids is 1. The van der Waals surface area contributed by atoms with Gasteiger partial charge in [-0.25, -0.2) is 0 Å². The van der Waals surface area contributed by atoms with E-state index in [2.05, 4.69) is 75.7 Å². The molecular formula is C28H53NO5Si2. The van der Waals surface area contributed by atoms with E-state index < -0.39 is 16.6 Å². The summed E-state index contributed by atoms with van der Waals surface area (Å²) in [7, 11) is -0.354. The van der Waals surface area contributed by atoms with E-state index in [-0.39, 0.29) is 30.0 Å². The molecule has 0 spiro atoms. The van der Waals surface area contributed by atoms with Crippen LogP contribution in [0.3, 0.4) is 0 Å². The number of hydrogen-bond donors (Lipinski definition) is 0. The van der Waals surface area contributed by atoms with E-state index in [4.69, 9.17) is 18.4 Å². The van der Waals surface area contributed by atoms with Crippen LogP contribution in [0.2, 0.25) is 39.3 Å². The van der Waals surface area contributed by atoms with E-state index >= 15 is 0 Å². The van der Waals surface area contributed by atoms with Crippen molar-refractivity contribution >= 4 is 28.3 Å². The first-order valence-corrected chi connectivity index (χ1v) is 20.6. The Morgan fingerprint density at radius 2 is 1.78 bits per heavy atom. The Balaban J connectivity index is 3.09. The number of oxime groups is 1. The molecule has 1 fully saturated rings. The van der Waals surface area contributed by atoms with Crippen molar-refractivity contribution in [2.45, 2.75) is 116 Å². The van der Waals surface area contributed by atoms with Gasteiger partial charge in [0.25, 0.3) is 0 Å². The first-order chi connectivity index (χ1) is 16.9. The van der Waals surface area contributed by atoms with Crippen molar-refractivity contribution in [1.82, 2.24) is 0 Å². The third-order valence-electron chi connectivity index (χ3n) is 6.13. The molecule has 1 rings (SSSR count). The monoisotopic (exact) mass is 539 g/mol. The van der Waals surface area contributed by atoms with E-state index in [9.17, 15) is 4.79 Å². The predicted molar refractivity (Wildman–Crippen MR) is 155 cm³/mol. The fourth-order valence-corrected chi connectivity index (χ4v) is 6.90. The Morgan fingerprint density at radius 3 is 2.36 bits per heavy atom. The molecular weight excluding hydrogens is 486 g/mol. The van der Waals surface area contributed by atoms with Crippen LogP contribution in [0.15, 0.2) is 29.5 Å². The minimum Gasteiger partial charge on any atom is -0.469 e. The van der Waals surface area contributed by atoms with Crippen molar-refractivity contribution in [3.8, 4) is 0 Å². The van der Waals surface area contributed by atoms with Crippen LogP contribution >= 0.6 is 0 Å². The zero-order valence-electron chi connectivity index (χ0n) is 24.5. The molecule has 4 atom stereocenters. The second kappa shape index (κ2) is 16.6. The van der Waals surface area contributed by atoms with Crippen molar-refractivity contribution in [3.05, 3.63) is 24.3 Å². The molecule has 208 valence electrons. The highest BCUT2D eigenvalue weighted by atomic mass is 28.4. The lowest BCUT2D eigenvalue weighted by Crippen LogP contribution is -2.35. The second-order valence-electron chi connectivity index (χ2n) is 11.7. The summed E-state index contributed by atoms with van der Waals surface area (Å²) in [5, 5.41) is 4.43. The molecule has 1 aliphatic rings. The molecule has 8 heteroatoms. The first kappa shape index (κ1) is 32.8. The van der Waals surface area contributed by atoms with Crippen molar-refractivity contribution in [2.75, 3.05) is 14.2 Å². The SMILES string of the molecule is CCCCCC(/C=C/C1C(O[Si](C)(C)C)C/C(=N\OC)C1C/C=C\CCCC(=O)OC)O[Si](C)(C)C. The summed E-state index contributed by atoms with van der Waals surface area (Å²) in [5.41, 5.74) is 1.07. The number of esters is 1. The summed E-state index contributed by atoms with van der Waals surface area (Å²) in [6, 6.07) is 0. The van der Waals surface area contributed by atoms with E-state index in [1.54, 1.807) is 7.11 Å². The summed E-state index contributed by atoms with van der Waals surface area (Å²) in [5.74, 6) is 0.297. The van der Waals surface area contributed by atoms with Gasteiger partial charge in [0.2, 0.25) is 0 Å². The molecule has 0 aliphatic heterocycles. The van der Waals surface area contributed by atoms with Gasteiger partial charge in [0, 0.05) is 24.7 Å². The highest BCUT2D eigenvalue weighted by molar-refractivity contribution is 6.70. The summed E-state index contributed by atoms with van der Waals surface area (Å²) < 4.78 is 18.0. The Bertz CT molecular complexity index is 724. The molecule has 6 nitrogen and oxygen atoms in total. The average Bonchev–Trinajstić information content (AvgIpc) is 3.07.